The summed E-state index contributed by atoms with van der Waals surface area (Å²) in [6, 6.07) is 0.561. The van der Waals surface area contributed by atoms with Crippen molar-refractivity contribution in [2.24, 2.45) is 0 Å². The summed E-state index contributed by atoms with van der Waals surface area (Å²) in [5.41, 5.74) is 8.57. The minimum Gasteiger partial charge on any atom is -0.368 e. The second-order valence-corrected chi connectivity index (χ2v) is 7.39. The van der Waals surface area contributed by atoms with Crippen LogP contribution in [0.25, 0.3) is 10.2 Å². The van der Waals surface area contributed by atoms with Crippen molar-refractivity contribution < 1.29 is 0 Å². The van der Waals surface area contributed by atoms with Crippen molar-refractivity contribution in [2.45, 2.75) is 45.1 Å². The number of rotatable bonds is 3. The van der Waals surface area contributed by atoms with Crippen molar-refractivity contribution in [3.8, 4) is 0 Å². The van der Waals surface area contributed by atoms with Crippen LogP contribution in [0.2, 0.25) is 0 Å². The number of hydrogen-bond donors (Lipinski definition) is 2. The van der Waals surface area contributed by atoms with E-state index in [1.165, 1.54) is 40.8 Å². The molecule has 5 nitrogen and oxygen atoms in total. The van der Waals surface area contributed by atoms with Crippen molar-refractivity contribution >= 4 is 33.3 Å². The van der Waals surface area contributed by atoms with E-state index in [-0.39, 0.29) is 0 Å². The predicted octanol–water partition coefficient (Wildman–Crippen LogP) is 2.34. The molecule has 0 spiro atoms. The van der Waals surface area contributed by atoms with E-state index in [1.54, 1.807) is 0 Å². The molecular weight excluding hydrogens is 294 g/mol. The van der Waals surface area contributed by atoms with Gasteiger partial charge in [-0.15, -0.1) is 11.3 Å². The van der Waals surface area contributed by atoms with Crippen molar-refractivity contribution in [1.82, 2.24) is 15.3 Å². The third kappa shape index (κ3) is 2.34. The first-order chi connectivity index (χ1) is 10.8. The molecule has 0 saturated carbocycles. The fraction of sp³-hybridized carbons (Fsp3) is 0.625. The first-order valence-electron chi connectivity index (χ1n) is 8.32. The summed E-state index contributed by atoms with van der Waals surface area (Å²) in [6.07, 6.45) is 6.07. The van der Waals surface area contributed by atoms with E-state index in [4.69, 9.17) is 5.73 Å². The average molecular weight is 317 g/mol. The van der Waals surface area contributed by atoms with Crippen molar-refractivity contribution in [3.63, 3.8) is 0 Å². The molecule has 0 unspecified atom stereocenters. The summed E-state index contributed by atoms with van der Waals surface area (Å²) in [5, 5.41) is 3.54. The molecule has 2 aliphatic rings. The Balaban J connectivity index is 1.76. The van der Waals surface area contributed by atoms with Crippen molar-refractivity contribution in [2.75, 3.05) is 30.3 Å². The van der Waals surface area contributed by atoms with E-state index < -0.39 is 0 Å². The molecule has 0 aromatic carbocycles. The number of aromatic nitrogens is 2. The van der Waals surface area contributed by atoms with Gasteiger partial charge in [-0.05, 0) is 44.2 Å². The zero-order valence-electron chi connectivity index (χ0n) is 13.1. The van der Waals surface area contributed by atoms with Crippen LogP contribution in [0, 0.1) is 0 Å². The first kappa shape index (κ1) is 14.2. The third-order valence-electron chi connectivity index (χ3n) is 4.77. The highest BCUT2D eigenvalue weighted by atomic mass is 32.1. The molecule has 1 saturated heterocycles. The largest absolute Gasteiger partial charge is 0.368 e. The van der Waals surface area contributed by atoms with Crippen LogP contribution >= 0.6 is 11.3 Å². The molecule has 4 rings (SSSR count). The highest BCUT2D eigenvalue weighted by molar-refractivity contribution is 7.19. The maximum atomic E-state index is 6.02. The SMILES string of the molecule is CCN[C@H]1CCN(c2nc(N)nc3c4c(sc23)CCCC4)C1. The quantitative estimate of drug-likeness (QED) is 0.909. The van der Waals surface area contributed by atoms with Gasteiger partial charge in [-0.25, -0.2) is 4.98 Å². The van der Waals surface area contributed by atoms with Gasteiger partial charge in [-0.2, -0.15) is 4.98 Å². The number of nitrogen functional groups attached to an aromatic ring is 1. The van der Waals surface area contributed by atoms with Gasteiger partial charge in [0.1, 0.15) is 0 Å². The maximum Gasteiger partial charge on any atom is 0.222 e. The average Bonchev–Trinajstić information content (AvgIpc) is 3.12. The Morgan fingerprint density at radius 2 is 2.18 bits per heavy atom. The molecule has 22 heavy (non-hydrogen) atoms. The molecule has 1 atom stereocenters. The van der Waals surface area contributed by atoms with Gasteiger partial charge in [0.15, 0.2) is 5.82 Å². The number of hydrogen-bond acceptors (Lipinski definition) is 6. The van der Waals surface area contributed by atoms with Crippen LogP contribution in [0.15, 0.2) is 0 Å². The number of anilines is 2. The lowest BCUT2D eigenvalue weighted by atomic mass is 9.98. The van der Waals surface area contributed by atoms with Crippen LogP contribution in [0.4, 0.5) is 11.8 Å². The topological polar surface area (TPSA) is 67.1 Å². The lowest BCUT2D eigenvalue weighted by molar-refractivity contribution is 0.571. The predicted molar refractivity (Wildman–Crippen MR) is 92.8 cm³/mol. The highest BCUT2D eigenvalue weighted by Crippen LogP contribution is 2.40. The summed E-state index contributed by atoms with van der Waals surface area (Å²) in [7, 11) is 0. The Kier molecular flexibility index (Phi) is 3.66. The van der Waals surface area contributed by atoms with E-state index in [0.717, 1.165) is 37.4 Å². The van der Waals surface area contributed by atoms with Gasteiger partial charge in [0, 0.05) is 24.0 Å². The van der Waals surface area contributed by atoms with Crippen LogP contribution in [0.3, 0.4) is 0 Å². The van der Waals surface area contributed by atoms with Gasteiger partial charge in [0.2, 0.25) is 5.95 Å². The molecule has 3 heterocycles. The van der Waals surface area contributed by atoms with Crippen molar-refractivity contribution in [1.29, 1.82) is 0 Å². The summed E-state index contributed by atoms with van der Waals surface area (Å²) >= 11 is 1.89. The Bertz CT molecular complexity index is 695. The molecular formula is C16H23N5S. The molecule has 0 radical (unpaired) electrons. The van der Waals surface area contributed by atoms with E-state index >= 15 is 0 Å². The zero-order chi connectivity index (χ0) is 15.1. The molecule has 118 valence electrons. The molecule has 1 aliphatic heterocycles. The Labute approximate surface area is 134 Å². The van der Waals surface area contributed by atoms with Crippen LogP contribution in [0.5, 0.6) is 0 Å². The van der Waals surface area contributed by atoms with E-state index in [9.17, 15) is 0 Å². The van der Waals surface area contributed by atoms with Crippen LogP contribution in [-0.4, -0.2) is 35.6 Å². The number of nitrogens with one attached hydrogen (secondary N) is 1. The normalized spacial score (nSPS) is 21.5. The number of aryl methyl sites for hydroxylation is 2. The molecule has 2 aromatic heterocycles. The molecule has 6 heteroatoms. The minimum absolute atomic E-state index is 0.417. The second kappa shape index (κ2) is 5.66. The van der Waals surface area contributed by atoms with Gasteiger partial charge >= 0.3 is 0 Å². The van der Waals surface area contributed by atoms with Gasteiger partial charge in [-0.3, -0.25) is 0 Å². The zero-order valence-corrected chi connectivity index (χ0v) is 13.9. The minimum atomic E-state index is 0.417. The molecule has 1 aliphatic carbocycles. The number of fused-ring (bicyclic) bond motifs is 3. The van der Waals surface area contributed by atoms with Gasteiger partial charge in [0.05, 0.1) is 10.2 Å². The Morgan fingerprint density at radius 1 is 1.32 bits per heavy atom. The number of likely N-dealkylation sites (N-methyl/N-ethyl adjacent to an activating group) is 1. The fourth-order valence-electron chi connectivity index (χ4n) is 3.74. The summed E-state index contributed by atoms with van der Waals surface area (Å²) < 4.78 is 1.25. The molecule has 3 N–H and O–H groups in total. The van der Waals surface area contributed by atoms with E-state index in [0.29, 0.717) is 12.0 Å². The molecule has 0 bridgehead atoms. The Morgan fingerprint density at radius 3 is 3.05 bits per heavy atom. The first-order valence-corrected chi connectivity index (χ1v) is 9.14. The lowest BCUT2D eigenvalue weighted by Gasteiger charge is -2.18. The van der Waals surface area contributed by atoms with Gasteiger partial charge in [-0.1, -0.05) is 6.92 Å². The number of thiophene rings is 1. The summed E-state index contributed by atoms with van der Waals surface area (Å²) in [5.74, 6) is 1.47. The van der Waals surface area contributed by atoms with Crippen LogP contribution < -0.4 is 16.0 Å². The smallest absolute Gasteiger partial charge is 0.222 e. The standard InChI is InChI=1S/C16H23N5S/c1-2-18-10-7-8-21(9-10)15-14-13(19-16(17)20-15)11-5-3-4-6-12(11)22-14/h10,18H,2-9H2,1H3,(H2,17,19,20)/t10-/m0/s1. The molecule has 1 fully saturated rings. The molecule has 2 aromatic rings. The highest BCUT2D eigenvalue weighted by Gasteiger charge is 2.27. The van der Waals surface area contributed by atoms with Crippen molar-refractivity contribution in [3.05, 3.63) is 10.4 Å². The number of nitrogens with two attached hydrogens (primary N) is 1. The van der Waals surface area contributed by atoms with E-state index in [1.807, 2.05) is 11.3 Å². The van der Waals surface area contributed by atoms with Gasteiger partial charge < -0.3 is 16.0 Å². The van der Waals surface area contributed by atoms with E-state index in [2.05, 4.69) is 27.1 Å². The van der Waals surface area contributed by atoms with Crippen LogP contribution in [-0.2, 0) is 12.8 Å². The Hall–Kier alpha value is -1.40. The number of nitrogens with zero attached hydrogens (tertiary/aromatic N) is 3. The van der Waals surface area contributed by atoms with Crippen LogP contribution in [0.1, 0.15) is 36.6 Å². The van der Waals surface area contributed by atoms with Gasteiger partial charge in [0.25, 0.3) is 0 Å². The lowest BCUT2D eigenvalue weighted by Crippen LogP contribution is -2.32. The second-order valence-electron chi connectivity index (χ2n) is 6.28. The summed E-state index contributed by atoms with van der Waals surface area (Å²) in [6.45, 7) is 5.25. The maximum absolute atomic E-state index is 6.02. The summed E-state index contributed by atoms with van der Waals surface area (Å²) in [4.78, 5) is 13.1. The monoisotopic (exact) mass is 317 g/mol. The third-order valence-corrected chi connectivity index (χ3v) is 6.05. The molecule has 0 amide bonds. The fourth-order valence-corrected chi connectivity index (χ4v) is 5.09.